The first kappa shape index (κ1) is 21.8. The second-order valence-corrected chi connectivity index (χ2v) is 8.45. The van der Waals surface area contributed by atoms with Gasteiger partial charge in [0.25, 0.3) is 5.91 Å². The molecule has 0 saturated heterocycles. The summed E-state index contributed by atoms with van der Waals surface area (Å²) in [5.74, 6) is -6.36. The van der Waals surface area contributed by atoms with Crippen LogP contribution < -0.4 is 5.73 Å². The Balaban J connectivity index is 1.94. The molecule has 6 N–H and O–H groups in total. The van der Waals surface area contributed by atoms with Crippen LogP contribution in [0.15, 0.2) is 34.0 Å². The third-order valence-corrected chi connectivity index (χ3v) is 6.73. The second kappa shape index (κ2) is 7.30. The number of primary amides is 1. The van der Waals surface area contributed by atoms with E-state index in [2.05, 4.69) is 4.99 Å². The number of phenolic OH excluding ortho intramolecular Hbond substituents is 1. The molecule has 1 amide bonds. The largest absolute Gasteiger partial charge is 0.508 e. The molecule has 0 aromatic heterocycles. The molecule has 1 aromatic rings. The minimum absolute atomic E-state index is 0.0697. The maximum Gasteiger partial charge on any atom is 0.255 e. The number of amides is 1. The Bertz CT molecular complexity index is 1180. The van der Waals surface area contributed by atoms with Crippen LogP contribution in [0.25, 0.3) is 5.76 Å². The smallest absolute Gasteiger partial charge is 0.255 e. The highest BCUT2D eigenvalue weighted by Gasteiger charge is 2.60. The molecule has 9 heteroatoms. The molecule has 0 aliphatic heterocycles. The van der Waals surface area contributed by atoms with Gasteiger partial charge in [0, 0.05) is 30.2 Å². The molecule has 3 atom stereocenters. The van der Waals surface area contributed by atoms with Crippen LogP contribution in [0.5, 0.6) is 5.75 Å². The summed E-state index contributed by atoms with van der Waals surface area (Å²) in [6.45, 7) is 4.24. The Kier molecular flexibility index (Phi) is 4.97. The number of aliphatic hydroxyl groups excluding tert-OH is 2. The molecular formula is C23H24N2O7. The molecule has 0 spiro atoms. The average molecular weight is 440 g/mol. The van der Waals surface area contributed by atoms with Gasteiger partial charge in [-0.2, -0.15) is 0 Å². The lowest BCUT2D eigenvalue weighted by molar-refractivity contribution is -0.147. The zero-order valence-electron chi connectivity index (χ0n) is 17.7. The molecule has 0 radical (unpaired) electrons. The molecule has 3 aliphatic carbocycles. The van der Waals surface area contributed by atoms with E-state index in [-0.39, 0.29) is 36.1 Å². The van der Waals surface area contributed by atoms with Gasteiger partial charge in [-0.3, -0.25) is 19.4 Å². The van der Waals surface area contributed by atoms with E-state index in [1.165, 1.54) is 6.07 Å². The predicted octanol–water partition coefficient (Wildman–Crippen LogP) is 1.25. The monoisotopic (exact) mass is 440 g/mol. The highest BCUT2D eigenvalue weighted by atomic mass is 16.3. The Labute approximate surface area is 183 Å². The lowest BCUT2D eigenvalue weighted by atomic mass is 9.59. The molecule has 0 heterocycles. The Morgan fingerprint density at radius 3 is 2.53 bits per heavy atom. The van der Waals surface area contributed by atoms with Crippen molar-refractivity contribution >= 4 is 28.9 Å². The molecular weight excluding hydrogens is 416 g/mol. The standard InChI is InChI=1S/C23H24N2O7/c1-3-25-9(2)12-4-5-14(26)17-13(12)7-10-6-11-8-15(27)18(22(24)31)21(30)23(11,32)20(29)16(10)19(17)28/h4-5,10-11,26,28,30,32H,3,6-8H2,1-2H3,(H2,24,31)/t10-,11?,23+/m1/s1. The number of fused-ring (bicyclic) bond motifs is 3. The van der Waals surface area contributed by atoms with Crippen molar-refractivity contribution in [2.45, 2.75) is 38.7 Å². The molecule has 4 rings (SSSR count). The fourth-order valence-corrected chi connectivity index (χ4v) is 5.28. The number of benzene rings is 1. The molecule has 1 aromatic carbocycles. The highest BCUT2D eigenvalue weighted by molar-refractivity contribution is 6.22. The summed E-state index contributed by atoms with van der Waals surface area (Å²) in [6.07, 6.45) is 0.0157. The van der Waals surface area contributed by atoms with E-state index >= 15 is 0 Å². The van der Waals surface area contributed by atoms with E-state index in [0.717, 1.165) is 5.56 Å². The lowest BCUT2D eigenvalue weighted by Gasteiger charge is -2.46. The zero-order valence-corrected chi connectivity index (χ0v) is 17.7. The molecule has 1 unspecified atom stereocenters. The molecule has 1 fully saturated rings. The van der Waals surface area contributed by atoms with Gasteiger partial charge in [-0.15, -0.1) is 0 Å². The van der Waals surface area contributed by atoms with E-state index in [1.54, 1.807) is 6.07 Å². The number of aliphatic hydroxyl groups is 3. The number of nitrogens with two attached hydrogens (primary N) is 1. The highest BCUT2D eigenvalue weighted by Crippen LogP contribution is 2.52. The number of rotatable bonds is 3. The fourth-order valence-electron chi connectivity index (χ4n) is 5.28. The summed E-state index contributed by atoms with van der Waals surface area (Å²) in [6, 6.07) is 3.09. The first-order valence-electron chi connectivity index (χ1n) is 10.4. The normalized spacial score (nSPS) is 27.8. The van der Waals surface area contributed by atoms with Gasteiger partial charge >= 0.3 is 0 Å². The Hall–Kier alpha value is -3.46. The SMILES string of the molecule is CCN=C(C)c1ccc(O)c2c1C[C@H]1CC3CC(=O)C(C(N)=O)=C(O)[C@@]3(O)C(=O)C1=C2O. The average Bonchev–Trinajstić information content (AvgIpc) is 2.70. The number of carbonyl (C=O) groups excluding carboxylic acids is 3. The van der Waals surface area contributed by atoms with E-state index in [0.29, 0.717) is 17.8 Å². The van der Waals surface area contributed by atoms with E-state index in [9.17, 15) is 34.8 Å². The van der Waals surface area contributed by atoms with E-state index < -0.39 is 52.0 Å². The molecule has 32 heavy (non-hydrogen) atoms. The summed E-state index contributed by atoms with van der Waals surface area (Å²) < 4.78 is 0. The van der Waals surface area contributed by atoms with Gasteiger partial charge in [0.1, 0.15) is 22.8 Å². The van der Waals surface area contributed by atoms with Crippen molar-refractivity contribution in [1.29, 1.82) is 0 Å². The number of hydrogen-bond acceptors (Lipinski definition) is 8. The number of hydrogen-bond donors (Lipinski definition) is 5. The second-order valence-electron chi connectivity index (χ2n) is 8.45. The minimum atomic E-state index is -2.55. The number of carbonyl (C=O) groups is 3. The molecule has 1 saturated carbocycles. The Morgan fingerprint density at radius 1 is 1.22 bits per heavy atom. The maximum absolute atomic E-state index is 13.4. The summed E-state index contributed by atoms with van der Waals surface area (Å²) in [5, 5.41) is 43.3. The van der Waals surface area contributed by atoms with Gasteiger partial charge in [0.05, 0.1) is 5.56 Å². The van der Waals surface area contributed by atoms with Gasteiger partial charge in [0.15, 0.2) is 11.4 Å². The Morgan fingerprint density at radius 2 is 1.91 bits per heavy atom. The third kappa shape index (κ3) is 2.81. The molecule has 0 bridgehead atoms. The molecule has 168 valence electrons. The van der Waals surface area contributed by atoms with Gasteiger partial charge in [-0.05, 0) is 55.9 Å². The van der Waals surface area contributed by atoms with Gasteiger partial charge in [0.2, 0.25) is 5.78 Å². The third-order valence-electron chi connectivity index (χ3n) is 6.73. The van der Waals surface area contributed by atoms with Crippen LogP contribution in [-0.2, 0) is 20.8 Å². The van der Waals surface area contributed by atoms with Crippen LogP contribution in [-0.4, -0.2) is 55.8 Å². The number of aromatic hydroxyl groups is 1. The summed E-state index contributed by atoms with van der Waals surface area (Å²) in [7, 11) is 0. The van der Waals surface area contributed by atoms with Crippen molar-refractivity contribution in [3.05, 3.63) is 45.7 Å². The topological polar surface area (TPSA) is 171 Å². The van der Waals surface area contributed by atoms with Crippen LogP contribution >= 0.6 is 0 Å². The summed E-state index contributed by atoms with van der Waals surface area (Å²) >= 11 is 0. The summed E-state index contributed by atoms with van der Waals surface area (Å²) in [4.78, 5) is 41.9. The van der Waals surface area contributed by atoms with Crippen molar-refractivity contribution in [3.8, 4) is 5.75 Å². The van der Waals surface area contributed by atoms with Crippen LogP contribution in [0.2, 0.25) is 0 Å². The van der Waals surface area contributed by atoms with E-state index in [1.807, 2.05) is 13.8 Å². The number of Topliss-reactive ketones (excluding diaryl/α,β-unsaturated/α-hetero) is 2. The first-order valence-corrected chi connectivity index (χ1v) is 10.4. The van der Waals surface area contributed by atoms with Gasteiger partial charge in [-0.25, -0.2) is 0 Å². The molecule has 9 nitrogen and oxygen atoms in total. The summed E-state index contributed by atoms with van der Waals surface area (Å²) in [5.41, 5.74) is 3.78. The van der Waals surface area contributed by atoms with Gasteiger partial charge in [-0.1, -0.05) is 0 Å². The van der Waals surface area contributed by atoms with Crippen LogP contribution in [0.1, 0.15) is 43.4 Å². The van der Waals surface area contributed by atoms with Crippen molar-refractivity contribution in [1.82, 2.24) is 0 Å². The van der Waals surface area contributed by atoms with Crippen molar-refractivity contribution < 1.29 is 34.8 Å². The molecule has 3 aliphatic rings. The van der Waals surface area contributed by atoms with E-state index in [4.69, 9.17) is 5.73 Å². The van der Waals surface area contributed by atoms with Crippen molar-refractivity contribution in [2.24, 2.45) is 22.6 Å². The van der Waals surface area contributed by atoms with Crippen molar-refractivity contribution in [2.75, 3.05) is 6.54 Å². The van der Waals surface area contributed by atoms with Crippen molar-refractivity contribution in [3.63, 3.8) is 0 Å². The number of aliphatic imine (C=N–C) groups is 1. The lowest BCUT2D eigenvalue weighted by Crippen LogP contribution is -2.58. The number of nitrogens with zero attached hydrogens (tertiary/aromatic N) is 1. The first-order chi connectivity index (χ1) is 15.0. The quantitative estimate of drug-likeness (QED) is 0.348. The number of ketones is 2. The zero-order chi connectivity index (χ0) is 23.5. The maximum atomic E-state index is 13.4. The van der Waals surface area contributed by atoms with Crippen LogP contribution in [0.3, 0.4) is 0 Å². The number of phenols is 1. The minimum Gasteiger partial charge on any atom is -0.508 e. The van der Waals surface area contributed by atoms with Crippen LogP contribution in [0, 0.1) is 11.8 Å². The van der Waals surface area contributed by atoms with Gasteiger partial charge < -0.3 is 26.2 Å². The van der Waals surface area contributed by atoms with Crippen LogP contribution in [0.4, 0.5) is 0 Å². The predicted molar refractivity (Wildman–Crippen MR) is 114 cm³/mol. The fraction of sp³-hybridized carbons (Fsp3) is 0.391.